The number of aliphatic hydroxyl groups is 1. The van der Waals surface area contributed by atoms with Crippen molar-refractivity contribution < 1.29 is 33.7 Å². The summed E-state index contributed by atoms with van der Waals surface area (Å²) in [4.78, 5) is 34.9. The normalized spacial score (nSPS) is 16.7. The molecule has 11 nitrogen and oxygen atoms in total. The van der Waals surface area contributed by atoms with Crippen LogP contribution in [0.1, 0.15) is 53.4 Å². The molecule has 2 aromatic carbocycles. The van der Waals surface area contributed by atoms with E-state index < -0.39 is 23.5 Å². The Labute approximate surface area is 241 Å². The fraction of sp³-hybridized carbons (Fsp3) is 0.467. The first-order valence-corrected chi connectivity index (χ1v) is 13.1. The predicted octanol–water partition coefficient (Wildman–Crippen LogP) is 1.66. The minimum absolute atomic E-state index is 0.0139. The van der Waals surface area contributed by atoms with Crippen LogP contribution in [0.15, 0.2) is 42.5 Å². The molecule has 11 heteroatoms. The van der Waals surface area contributed by atoms with E-state index in [0.717, 1.165) is 11.1 Å². The van der Waals surface area contributed by atoms with Crippen LogP contribution in [-0.4, -0.2) is 75.9 Å². The van der Waals surface area contributed by atoms with E-state index in [0.29, 0.717) is 29.7 Å². The molecular weight excluding hydrogens is 528 g/mol. The van der Waals surface area contributed by atoms with Crippen molar-refractivity contribution >= 4 is 17.6 Å². The molecule has 0 radical (unpaired) electrons. The van der Waals surface area contributed by atoms with Gasteiger partial charge >= 0.3 is 0 Å². The maximum Gasteiger partial charge on any atom is 0.246 e. The van der Waals surface area contributed by atoms with Crippen LogP contribution in [0.5, 0.6) is 5.75 Å². The molecule has 1 aliphatic rings. The molecule has 0 heterocycles. The van der Waals surface area contributed by atoms with Crippen LogP contribution in [0.25, 0.3) is 0 Å². The number of hydrogen-bond donors (Lipinski definition) is 4. The second-order valence-corrected chi connectivity index (χ2v) is 10.4. The standard InChI is InChI=1S/C27H33N3O5.C3H7NO2/c1-27(2)13-23(21-12-19(35-4)8-9-20(21)26(27)33)29-15-24(31)22(30-25(32)16-34-3)11-17-6-5-7-18(10-17)14-28;1-6-2-3(4)5/h5-10,12,22-24,29,31H,11,13,15-16H2,1-4H3,(H,30,32);2H2,1H3,(H2,4,5)/t22-,23+,24+;/m0./s1. The zero-order chi connectivity index (χ0) is 30.6. The van der Waals surface area contributed by atoms with Gasteiger partial charge in [0.05, 0.1) is 30.9 Å². The van der Waals surface area contributed by atoms with Gasteiger partial charge in [-0.25, -0.2) is 0 Å². The topological polar surface area (TPSA) is 173 Å². The van der Waals surface area contributed by atoms with E-state index >= 15 is 0 Å². The molecule has 41 heavy (non-hydrogen) atoms. The first-order chi connectivity index (χ1) is 19.4. The molecule has 0 saturated heterocycles. The number of carbonyl (C=O) groups is 3. The molecule has 222 valence electrons. The fourth-order valence-electron chi connectivity index (χ4n) is 4.65. The lowest BCUT2D eigenvalue weighted by Gasteiger charge is -2.37. The van der Waals surface area contributed by atoms with Crippen molar-refractivity contribution in [1.82, 2.24) is 10.6 Å². The number of hydrogen-bond acceptors (Lipinski definition) is 9. The highest BCUT2D eigenvalue weighted by Gasteiger charge is 2.39. The number of ketones is 1. The Morgan fingerprint density at radius 3 is 2.44 bits per heavy atom. The van der Waals surface area contributed by atoms with Crippen molar-refractivity contribution in [3.8, 4) is 11.8 Å². The third-order valence-corrected chi connectivity index (χ3v) is 6.67. The third kappa shape index (κ3) is 9.95. The summed E-state index contributed by atoms with van der Waals surface area (Å²) in [6.07, 6.45) is -0.0346. The first kappa shape index (κ1) is 33.4. The molecular formula is C30H40N4O7. The van der Waals surface area contributed by atoms with Gasteiger partial charge in [-0.05, 0) is 54.3 Å². The average molecular weight is 569 g/mol. The number of carbonyl (C=O) groups excluding carboxylic acids is 3. The Morgan fingerprint density at radius 2 is 1.85 bits per heavy atom. The third-order valence-electron chi connectivity index (χ3n) is 6.67. The van der Waals surface area contributed by atoms with E-state index in [-0.39, 0.29) is 37.5 Å². The summed E-state index contributed by atoms with van der Waals surface area (Å²) >= 11 is 0. The van der Waals surface area contributed by atoms with Crippen molar-refractivity contribution in [2.45, 2.75) is 44.9 Å². The van der Waals surface area contributed by atoms with Gasteiger partial charge in [-0.1, -0.05) is 26.0 Å². The lowest BCUT2D eigenvalue weighted by molar-refractivity contribution is -0.126. The van der Waals surface area contributed by atoms with Gasteiger partial charge in [0.2, 0.25) is 11.8 Å². The Kier molecular flexibility index (Phi) is 12.9. The lowest BCUT2D eigenvalue weighted by Crippen LogP contribution is -2.50. The summed E-state index contributed by atoms with van der Waals surface area (Å²) in [7, 11) is 4.43. The number of nitrogens with two attached hydrogens (primary N) is 1. The van der Waals surface area contributed by atoms with Gasteiger partial charge in [-0.15, -0.1) is 0 Å². The highest BCUT2D eigenvalue weighted by molar-refractivity contribution is 6.02. The summed E-state index contributed by atoms with van der Waals surface area (Å²) in [5.41, 5.74) is 6.89. The number of benzene rings is 2. The number of aliphatic hydroxyl groups excluding tert-OH is 1. The maximum atomic E-state index is 13.0. The van der Waals surface area contributed by atoms with E-state index in [1.165, 1.54) is 14.2 Å². The van der Waals surface area contributed by atoms with Gasteiger partial charge in [0.25, 0.3) is 0 Å². The number of rotatable bonds is 12. The molecule has 3 atom stereocenters. The first-order valence-electron chi connectivity index (χ1n) is 13.1. The summed E-state index contributed by atoms with van der Waals surface area (Å²) in [6, 6.07) is 13.8. The minimum Gasteiger partial charge on any atom is -0.497 e. The van der Waals surface area contributed by atoms with Crippen molar-refractivity contribution in [3.05, 3.63) is 64.7 Å². The molecule has 0 spiro atoms. The zero-order valence-corrected chi connectivity index (χ0v) is 24.2. The van der Waals surface area contributed by atoms with Crippen molar-refractivity contribution in [2.75, 3.05) is 41.1 Å². The SMILES string of the molecule is COCC(=O)N[C@@H](Cc1cccc(C#N)c1)[C@H](O)CN[C@@H]1CC(C)(C)C(=O)c2ccc(OC)cc21.COCC(N)=O. The van der Waals surface area contributed by atoms with E-state index in [1.54, 1.807) is 37.4 Å². The van der Waals surface area contributed by atoms with Crippen LogP contribution < -0.4 is 21.1 Å². The molecule has 0 aromatic heterocycles. The molecule has 0 fully saturated rings. The number of nitriles is 1. The number of ether oxygens (including phenoxy) is 3. The second-order valence-electron chi connectivity index (χ2n) is 10.4. The molecule has 0 saturated carbocycles. The number of fused-ring (bicyclic) bond motifs is 1. The van der Waals surface area contributed by atoms with Crippen LogP contribution in [0.4, 0.5) is 0 Å². The zero-order valence-electron chi connectivity index (χ0n) is 24.2. The van der Waals surface area contributed by atoms with E-state index in [1.807, 2.05) is 26.0 Å². The minimum atomic E-state index is -0.934. The molecule has 3 rings (SSSR count). The smallest absolute Gasteiger partial charge is 0.246 e. The number of nitrogens with zero attached hydrogens (tertiary/aromatic N) is 1. The molecule has 2 aromatic rings. The van der Waals surface area contributed by atoms with Crippen LogP contribution in [0.3, 0.4) is 0 Å². The lowest BCUT2D eigenvalue weighted by atomic mass is 9.71. The summed E-state index contributed by atoms with van der Waals surface area (Å²) in [5.74, 6) is -0.0357. The summed E-state index contributed by atoms with van der Waals surface area (Å²) < 4.78 is 14.6. The van der Waals surface area contributed by atoms with Crippen molar-refractivity contribution in [1.29, 1.82) is 5.26 Å². The number of nitrogens with one attached hydrogen (secondary N) is 2. The second kappa shape index (κ2) is 15.8. The largest absolute Gasteiger partial charge is 0.497 e. The van der Waals surface area contributed by atoms with Gasteiger partial charge in [0.1, 0.15) is 19.0 Å². The number of methoxy groups -OCH3 is 3. The van der Waals surface area contributed by atoms with Crippen LogP contribution >= 0.6 is 0 Å². The quantitative estimate of drug-likeness (QED) is 0.297. The Hall–Kier alpha value is -3.82. The average Bonchev–Trinajstić information content (AvgIpc) is 2.94. The molecule has 5 N–H and O–H groups in total. The van der Waals surface area contributed by atoms with Crippen molar-refractivity contribution in [2.24, 2.45) is 11.1 Å². The van der Waals surface area contributed by atoms with E-state index in [2.05, 4.69) is 27.2 Å². The van der Waals surface area contributed by atoms with Crippen LogP contribution in [0, 0.1) is 16.7 Å². The number of primary amides is 1. The van der Waals surface area contributed by atoms with Gasteiger partial charge in [0.15, 0.2) is 5.78 Å². The predicted molar refractivity (Wildman–Crippen MR) is 152 cm³/mol. The number of amides is 2. The Bertz CT molecular complexity index is 1240. The highest BCUT2D eigenvalue weighted by atomic mass is 16.5. The molecule has 0 bridgehead atoms. The number of Topliss-reactive ketones (excluding diaryl/α,β-unsaturated/α-hetero) is 1. The Balaban J connectivity index is 0.000000883. The van der Waals surface area contributed by atoms with Gasteiger partial charge in [-0.3, -0.25) is 14.4 Å². The van der Waals surface area contributed by atoms with Crippen LogP contribution in [0.2, 0.25) is 0 Å². The maximum absolute atomic E-state index is 13.0. The van der Waals surface area contributed by atoms with Gasteiger partial charge < -0.3 is 35.7 Å². The fourth-order valence-corrected chi connectivity index (χ4v) is 4.65. The van der Waals surface area contributed by atoms with Gasteiger partial charge in [0, 0.05) is 37.8 Å². The monoisotopic (exact) mass is 568 g/mol. The molecule has 0 unspecified atom stereocenters. The molecule has 2 amide bonds. The van der Waals surface area contributed by atoms with E-state index in [4.69, 9.17) is 9.47 Å². The molecule has 0 aliphatic heterocycles. The summed E-state index contributed by atoms with van der Waals surface area (Å²) in [5, 5.41) is 26.5. The highest BCUT2D eigenvalue weighted by Crippen LogP contribution is 2.41. The van der Waals surface area contributed by atoms with Crippen molar-refractivity contribution in [3.63, 3.8) is 0 Å². The molecule has 1 aliphatic carbocycles. The van der Waals surface area contributed by atoms with E-state index in [9.17, 15) is 24.8 Å². The Morgan fingerprint density at radius 1 is 1.15 bits per heavy atom. The van der Waals surface area contributed by atoms with Crippen LogP contribution in [-0.2, 0) is 25.5 Å². The van der Waals surface area contributed by atoms with Gasteiger partial charge in [-0.2, -0.15) is 5.26 Å². The summed E-state index contributed by atoms with van der Waals surface area (Å²) in [6.45, 7) is 3.91.